The molecule has 0 bridgehead atoms. The minimum atomic E-state index is -0.849. The van der Waals surface area contributed by atoms with Crippen molar-refractivity contribution in [3.63, 3.8) is 0 Å². The number of hydrogen-bond donors (Lipinski definition) is 3. The normalized spacial score (nSPS) is 12.9. The lowest BCUT2D eigenvalue weighted by Crippen LogP contribution is -2.45. The van der Waals surface area contributed by atoms with Gasteiger partial charge in [-0.1, -0.05) is 249 Å². The third-order valence-corrected chi connectivity index (χ3v) is 12.7. The third-order valence-electron chi connectivity index (χ3n) is 12.7. The largest absolute Gasteiger partial charge is 0.466 e. The van der Waals surface area contributed by atoms with E-state index in [1.54, 1.807) is 6.08 Å². The Morgan fingerprint density at radius 3 is 1.24 bits per heavy atom. The molecule has 0 aromatic carbocycles. The van der Waals surface area contributed by atoms with Crippen LogP contribution < -0.4 is 5.32 Å². The Hall–Kier alpha value is -1.92. The number of aliphatic hydroxyl groups is 2. The first kappa shape index (κ1) is 61.1. The van der Waals surface area contributed by atoms with Crippen LogP contribution in [-0.4, -0.2) is 47.4 Å². The van der Waals surface area contributed by atoms with E-state index in [0.717, 1.165) is 57.8 Å². The van der Waals surface area contributed by atoms with Gasteiger partial charge in [0, 0.05) is 12.8 Å². The van der Waals surface area contributed by atoms with Gasteiger partial charge in [-0.25, -0.2) is 0 Å². The third kappa shape index (κ3) is 49.4. The summed E-state index contributed by atoms with van der Waals surface area (Å²) in [7, 11) is 0. The molecule has 0 spiro atoms. The lowest BCUT2D eigenvalue weighted by Gasteiger charge is -2.20. The van der Waals surface area contributed by atoms with E-state index in [1.165, 1.54) is 205 Å². The predicted octanol–water partition coefficient (Wildman–Crippen LogP) is 16.9. The maximum absolute atomic E-state index is 12.4. The fraction of sp³-hybridized carbons (Fsp3) is 0.860. The highest BCUT2D eigenvalue weighted by atomic mass is 16.5. The van der Waals surface area contributed by atoms with Gasteiger partial charge in [0.25, 0.3) is 0 Å². The lowest BCUT2D eigenvalue weighted by atomic mass is 10.0. The first-order valence-corrected chi connectivity index (χ1v) is 27.8. The molecule has 0 rings (SSSR count). The van der Waals surface area contributed by atoms with Crippen molar-refractivity contribution in [3.8, 4) is 0 Å². The number of amides is 1. The van der Waals surface area contributed by atoms with E-state index < -0.39 is 12.1 Å². The first-order valence-electron chi connectivity index (χ1n) is 27.8. The van der Waals surface area contributed by atoms with E-state index in [-0.39, 0.29) is 18.5 Å². The van der Waals surface area contributed by atoms with Crippen LogP contribution in [0.1, 0.15) is 290 Å². The van der Waals surface area contributed by atoms with Gasteiger partial charge in [-0.05, 0) is 64.2 Å². The van der Waals surface area contributed by atoms with Crippen LogP contribution in [0, 0.1) is 0 Å². The Morgan fingerprint density at radius 2 is 0.794 bits per heavy atom. The van der Waals surface area contributed by atoms with Gasteiger partial charge in [0.15, 0.2) is 0 Å². The molecule has 2 unspecified atom stereocenters. The number of carbonyl (C=O) groups excluding carboxylic acids is 2. The molecule has 0 aromatic rings. The van der Waals surface area contributed by atoms with Gasteiger partial charge in [0.2, 0.25) is 5.91 Å². The van der Waals surface area contributed by atoms with Crippen molar-refractivity contribution in [3.05, 3.63) is 36.5 Å². The van der Waals surface area contributed by atoms with E-state index in [4.69, 9.17) is 4.74 Å². The van der Waals surface area contributed by atoms with Crippen LogP contribution in [0.15, 0.2) is 36.5 Å². The number of allylic oxidation sites excluding steroid dienone is 5. The zero-order chi connectivity index (χ0) is 45.8. The van der Waals surface area contributed by atoms with Crippen molar-refractivity contribution in [2.24, 2.45) is 0 Å². The van der Waals surface area contributed by atoms with Crippen LogP contribution in [-0.2, 0) is 14.3 Å². The summed E-state index contributed by atoms with van der Waals surface area (Å²) in [6.45, 7) is 4.86. The van der Waals surface area contributed by atoms with Gasteiger partial charge >= 0.3 is 5.97 Å². The quantitative estimate of drug-likeness (QED) is 0.0321. The summed E-state index contributed by atoms with van der Waals surface area (Å²) >= 11 is 0. The van der Waals surface area contributed by atoms with Crippen LogP contribution in [0.25, 0.3) is 0 Å². The van der Waals surface area contributed by atoms with Crippen molar-refractivity contribution in [1.29, 1.82) is 0 Å². The van der Waals surface area contributed by atoms with Crippen LogP contribution in [0.2, 0.25) is 0 Å². The Kier molecular flexibility index (Phi) is 51.1. The number of rotatable bonds is 51. The number of esters is 1. The number of aliphatic hydroxyl groups excluding tert-OH is 2. The lowest BCUT2D eigenvalue weighted by molar-refractivity contribution is -0.143. The molecule has 63 heavy (non-hydrogen) atoms. The van der Waals surface area contributed by atoms with Crippen molar-refractivity contribution in [2.75, 3.05) is 13.2 Å². The number of unbranched alkanes of at least 4 members (excludes halogenated alkanes) is 36. The molecule has 0 aliphatic carbocycles. The Bertz CT molecular complexity index is 1020. The summed E-state index contributed by atoms with van der Waals surface area (Å²) in [4.78, 5) is 24.5. The second-order valence-corrected chi connectivity index (χ2v) is 18.9. The summed E-state index contributed by atoms with van der Waals surface area (Å²) in [6, 6.07) is -0.633. The summed E-state index contributed by atoms with van der Waals surface area (Å²) in [5.74, 6) is -0.0815. The molecular weight excluding hydrogens is 779 g/mol. The van der Waals surface area contributed by atoms with E-state index in [1.807, 2.05) is 6.08 Å². The Balaban J connectivity index is 3.44. The number of carbonyl (C=O) groups is 2. The molecule has 2 atom stereocenters. The number of nitrogens with one attached hydrogen (secondary N) is 1. The summed E-state index contributed by atoms with van der Waals surface area (Å²) < 4.78 is 5.48. The van der Waals surface area contributed by atoms with Crippen LogP contribution in [0.4, 0.5) is 0 Å². The number of ether oxygens (including phenoxy) is 1. The fourth-order valence-electron chi connectivity index (χ4n) is 8.37. The van der Waals surface area contributed by atoms with Gasteiger partial charge in [0.05, 0.1) is 25.4 Å². The predicted molar refractivity (Wildman–Crippen MR) is 273 cm³/mol. The van der Waals surface area contributed by atoms with Crippen molar-refractivity contribution in [1.82, 2.24) is 5.32 Å². The van der Waals surface area contributed by atoms with E-state index in [0.29, 0.717) is 19.4 Å². The highest BCUT2D eigenvalue weighted by molar-refractivity contribution is 5.76. The van der Waals surface area contributed by atoms with E-state index in [9.17, 15) is 19.8 Å². The topological polar surface area (TPSA) is 95.9 Å². The van der Waals surface area contributed by atoms with E-state index in [2.05, 4.69) is 43.5 Å². The SMILES string of the molecule is CCCCC/C=C\C/C=C\CCCCCCCCCC(=O)OCCCCCCCCCCCCCCCCCCC(=O)NC(CO)C(O)/C=C/CCCCCCCCCCCCC. The van der Waals surface area contributed by atoms with Gasteiger partial charge in [0.1, 0.15) is 0 Å². The van der Waals surface area contributed by atoms with Gasteiger partial charge in [-0.3, -0.25) is 9.59 Å². The molecule has 6 nitrogen and oxygen atoms in total. The molecule has 0 fully saturated rings. The average molecular weight is 886 g/mol. The zero-order valence-corrected chi connectivity index (χ0v) is 42.1. The van der Waals surface area contributed by atoms with Crippen LogP contribution in [0.5, 0.6) is 0 Å². The minimum absolute atomic E-state index is 0.00597. The molecule has 6 heteroatoms. The molecule has 370 valence electrons. The molecule has 0 saturated carbocycles. The molecule has 0 aliphatic heterocycles. The second-order valence-electron chi connectivity index (χ2n) is 18.9. The Morgan fingerprint density at radius 1 is 0.444 bits per heavy atom. The number of hydrogen-bond acceptors (Lipinski definition) is 5. The monoisotopic (exact) mass is 886 g/mol. The highest BCUT2D eigenvalue weighted by Gasteiger charge is 2.18. The van der Waals surface area contributed by atoms with Crippen LogP contribution in [0.3, 0.4) is 0 Å². The van der Waals surface area contributed by atoms with Crippen molar-refractivity contribution >= 4 is 11.9 Å². The standard InChI is InChI=1S/C57H107NO5/c1-3-5-7-9-11-13-15-17-18-19-23-27-31-35-39-43-47-51-57(62)63-52-48-44-40-36-32-28-24-21-20-22-26-30-34-38-42-46-50-56(61)58-54(53-59)55(60)49-45-41-37-33-29-25-16-14-12-10-8-6-4-2/h11,13,17-18,45,49,54-55,59-60H,3-10,12,14-16,19-44,46-48,50-53H2,1-2H3,(H,58,61)/b13-11-,18-17-,49-45+. The van der Waals surface area contributed by atoms with Gasteiger partial charge in [-0.15, -0.1) is 0 Å². The van der Waals surface area contributed by atoms with E-state index >= 15 is 0 Å². The smallest absolute Gasteiger partial charge is 0.305 e. The molecular formula is C57H107NO5. The molecule has 0 saturated heterocycles. The second kappa shape index (κ2) is 52.7. The molecule has 0 radical (unpaired) electrons. The van der Waals surface area contributed by atoms with Crippen molar-refractivity contribution in [2.45, 2.75) is 302 Å². The maximum Gasteiger partial charge on any atom is 0.305 e. The summed E-state index contributed by atoms with van der Waals surface area (Å²) in [6.07, 6.45) is 64.4. The van der Waals surface area contributed by atoms with Gasteiger partial charge < -0.3 is 20.3 Å². The molecule has 0 aliphatic rings. The average Bonchev–Trinajstić information content (AvgIpc) is 3.28. The summed E-state index contributed by atoms with van der Waals surface area (Å²) in [5, 5.41) is 23.0. The maximum atomic E-state index is 12.4. The molecule has 0 aromatic heterocycles. The van der Waals surface area contributed by atoms with Gasteiger partial charge in [-0.2, -0.15) is 0 Å². The Labute approximate surface area is 392 Å². The zero-order valence-electron chi connectivity index (χ0n) is 42.1. The first-order chi connectivity index (χ1) is 31.0. The van der Waals surface area contributed by atoms with Crippen molar-refractivity contribution < 1.29 is 24.5 Å². The molecule has 0 heterocycles. The van der Waals surface area contributed by atoms with Crippen LogP contribution >= 0.6 is 0 Å². The summed E-state index contributed by atoms with van der Waals surface area (Å²) in [5.41, 5.74) is 0. The highest BCUT2D eigenvalue weighted by Crippen LogP contribution is 2.16. The minimum Gasteiger partial charge on any atom is -0.466 e. The molecule has 1 amide bonds. The fourth-order valence-corrected chi connectivity index (χ4v) is 8.37. The molecule has 3 N–H and O–H groups in total.